The molecule has 2 aromatic carbocycles. The summed E-state index contributed by atoms with van der Waals surface area (Å²) in [7, 11) is 0. The van der Waals surface area contributed by atoms with Gasteiger partial charge in [-0.2, -0.15) is 0 Å². The molecule has 0 aliphatic rings. The largest absolute Gasteiger partial charge is 0.504 e. The summed E-state index contributed by atoms with van der Waals surface area (Å²) in [5.41, 5.74) is -0.290. The number of carbonyl (C=O) groups excluding carboxylic acids is 1. The van der Waals surface area contributed by atoms with Gasteiger partial charge >= 0.3 is 5.97 Å². The molecule has 0 amide bonds. The van der Waals surface area contributed by atoms with E-state index in [0.29, 0.717) is 0 Å². The molecule has 0 radical (unpaired) electrons. The molecule has 0 heterocycles. The van der Waals surface area contributed by atoms with Crippen LogP contribution in [0, 0.1) is 10.1 Å². The molecule has 20 heavy (non-hydrogen) atoms. The third-order valence-corrected chi connectivity index (χ3v) is 2.47. The van der Waals surface area contributed by atoms with E-state index >= 15 is 0 Å². The summed E-state index contributed by atoms with van der Waals surface area (Å²) in [6.07, 6.45) is 0. The molecule has 0 spiro atoms. The zero-order valence-corrected chi connectivity index (χ0v) is 10.0. The van der Waals surface area contributed by atoms with Crippen LogP contribution in [-0.4, -0.2) is 21.1 Å². The van der Waals surface area contributed by atoms with Gasteiger partial charge in [0.15, 0.2) is 11.5 Å². The van der Waals surface area contributed by atoms with Gasteiger partial charge in [0.25, 0.3) is 5.69 Å². The third-order valence-electron chi connectivity index (χ3n) is 2.47. The summed E-state index contributed by atoms with van der Waals surface area (Å²) in [6.45, 7) is 0. The van der Waals surface area contributed by atoms with Crippen molar-refractivity contribution in [3.8, 4) is 17.2 Å². The van der Waals surface area contributed by atoms with Crippen molar-refractivity contribution in [2.45, 2.75) is 0 Å². The van der Waals surface area contributed by atoms with Crippen LogP contribution in [0.4, 0.5) is 5.69 Å². The summed E-state index contributed by atoms with van der Waals surface area (Å²) in [4.78, 5) is 21.8. The highest BCUT2D eigenvalue weighted by atomic mass is 16.6. The number of esters is 1. The summed E-state index contributed by atoms with van der Waals surface area (Å²) in [6, 6.07) is 8.87. The standard InChI is InChI=1S/C13H9NO6/c15-10-5-2-6-11(12(10)16)20-13(17)8-3-1-4-9(7-8)14(18)19/h1-7,15-16H. The number of hydrogen-bond donors (Lipinski definition) is 2. The molecule has 102 valence electrons. The molecular weight excluding hydrogens is 266 g/mol. The number of phenols is 2. The van der Waals surface area contributed by atoms with Crippen molar-refractivity contribution in [1.82, 2.24) is 0 Å². The Morgan fingerprint density at radius 3 is 2.55 bits per heavy atom. The fourth-order valence-electron chi connectivity index (χ4n) is 1.50. The van der Waals surface area contributed by atoms with E-state index in [1.165, 1.54) is 36.4 Å². The normalized spacial score (nSPS) is 10.0. The number of hydrogen-bond acceptors (Lipinski definition) is 6. The van der Waals surface area contributed by atoms with Gasteiger partial charge in [-0.3, -0.25) is 10.1 Å². The van der Waals surface area contributed by atoms with Gasteiger partial charge in [0.05, 0.1) is 10.5 Å². The number of aromatic hydroxyl groups is 2. The van der Waals surface area contributed by atoms with Crippen LogP contribution >= 0.6 is 0 Å². The molecule has 0 aliphatic heterocycles. The van der Waals surface area contributed by atoms with Crippen LogP contribution < -0.4 is 4.74 Å². The van der Waals surface area contributed by atoms with Crippen LogP contribution in [0.3, 0.4) is 0 Å². The molecule has 0 saturated carbocycles. The van der Waals surface area contributed by atoms with Gasteiger partial charge < -0.3 is 14.9 Å². The monoisotopic (exact) mass is 275 g/mol. The molecule has 0 bridgehead atoms. The van der Waals surface area contributed by atoms with Crippen LogP contribution in [0.5, 0.6) is 17.2 Å². The second-order valence-electron chi connectivity index (χ2n) is 3.82. The van der Waals surface area contributed by atoms with Crippen molar-refractivity contribution in [1.29, 1.82) is 0 Å². The van der Waals surface area contributed by atoms with Crippen molar-refractivity contribution >= 4 is 11.7 Å². The maximum absolute atomic E-state index is 11.8. The topological polar surface area (TPSA) is 110 Å². The first kappa shape index (κ1) is 13.3. The lowest BCUT2D eigenvalue weighted by Crippen LogP contribution is -2.08. The van der Waals surface area contributed by atoms with Crippen molar-refractivity contribution < 1.29 is 24.7 Å². The Hall–Kier alpha value is -3.09. The lowest BCUT2D eigenvalue weighted by atomic mass is 10.2. The summed E-state index contributed by atoms with van der Waals surface area (Å²) in [5.74, 6) is -2.13. The average molecular weight is 275 g/mol. The second-order valence-corrected chi connectivity index (χ2v) is 3.82. The first-order valence-corrected chi connectivity index (χ1v) is 5.46. The van der Waals surface area contributed by atoms with Crippen molar-refractivity contribution in [3.63, 3.8) is 0 Å². The van der Waals surface area contributed by atoms with E-state index in [1.54, 1.807) is 0 Å². The minimum Gasteiger partial charge on any atom is -0.504 e. The molecular formula is C13H9NO6. The lowest BCUT2D eigenvalue weighted by Gasteiger charge is -2.07. The Bertz CT molecular complexity index is 682. The molecule has 2 N–H and O–H groups in total. The molecule has 0 atom stereocenters. The molecule has 0 unspecified atom stereocenters. The number of ether oxygens (including phenoxy) is 1. The minimum atomic E-state index is -0.880. The maximum Gasteiger partial charge on any atom is 0.343 e. The molecule has 2 aromatic rings. The molecule has 0 saturated heterocycles. The first-order valence-electron chi connectivity index (χ1n) is 5.46. The van der Waals surface area contributed by atoms with Gasteiger partial charge in [0.2, 0.25) is 5.75 Å². The SMILES string of the molecule is O=C(Oc1cccc(O)c1O)c1cccc([N+](=O)[O-])c1. The number of nitro groups is 1. The van der Waals surface area contributed by atoms with E-state index in [-0.39, 0.29) is 17.0 Å². The molecule has 7 heteroatoms. The molecule has 0 fully saturated rings. The summed E-state index contributed by atoms with van der Waals surface area (Å²) < 4.78 is 4.88. The van der Waals surface area contributed by atoms with Crippen LogP contribution in [0.1, 0.15) is 10.4 Å². The van der Waals surface area contributed by atoms with Crippen molar-refractivity contribution in [3.05, 3.63) is 58.1 Å². The molecule has 7 nitrogen and oxygen atoms in total. The second kappa shape index (κ2) is 5.27. The smallest absolute Gasteiger partial charge is 0.343 e. The number of nitro benzene ring substituents is 1. The highest BCUT2D eigenvalue weighted by molar-refractivity contribution is 5.92. The van der Waals surface area contributed by atoms with Gasteiger partial charge in [-0.15, -0.1) is 0 Å². The molecule has 0 aromatic heterocycles. The van der Waals surface area contributed by atoms with Crippen LogP contribution in [0.25, 0.3) is 0 Å². The van der Waals surface area contributed by atoms with E-state index in [1.807, 2.05) is 0 Å². The fraction of sp³-hybridized carbons (Fsp3) is 0. The molecule has 2 rings (SSSR count). The highest BCUT2D eigenvalue weighted by Crippen LogP contribution is 2.34. The Balaban J connectivity index is 2.26. The van der Waals surface area contributed by atoms with Gasteiger partial charge in [0.1, 0.15) is 0 Å². The number of non-ortho nitro benzene ring substituents is 1. The predicted molar refractivity (Wildman–Crippen MR) is 67.8 cm³/mol. The average Bonchev–Trinajstić information content (AvgIpc) is 2.44. The molecule has 0 aliphatic carbocycles. The summed E-state index contributed by atoms with van der Waals surface area (Å²) >= 11 is 0. The third kappa shape index (κ3) is 2.66. The zero-order chi connectivity index (χ0) is 14.7. The Kier molecular flexibility index (Phi) is 3.52. The van der Waals surface area contributed by atoms with Crippen molar-refractivity contribution in [2.24, 2.45) is 0 Å². The Morgan fingerprint density at radius 1 is 1.15 bits per heavy atom. The highest BCUT2D eigenvalue weighted by Gasteiger charge is 2.16. The van der Waals surface area contributed by atoms with Gasteiger partial charge in [-0.05, 0) is 18.2 Å². The first-order chi connectivity index (χ1) is 9.49. The van der Waals surface area contributed by atoms with Gasteiger partial charge in [-0.1, -0.05) is 12.1 Å². The van der Waals surface area contributed by atoms with Crippen LogP contribution in [0.15, 0.2) is 42.5 Å². The van der Waals surface area contributed by atoms with Crippen LogP contribution in [0.2, 0.25) is 0 Å². The summed E-state index contributed by atoms with van der Waals surface area (Å²) in [5, 5.41) is 29.4. The Morgan fingerprint density at radius 2 is 1.85 bits per heavy atom. The van der Waals surface area contributed by atoms with E-state index < -0.39 is 22.4 Å². The number of para-hydroxylation sites is 1. The van der Waals surface area contributed by atoms with Gasteiger partial charge in [0, 0.05) is 12.1 Å². The number of phenolic OH excluding ortho intramolecular Hbond substituents is 2. The van der Waals surface area contributed by atoms with Crippen molar-refractivity contribution in [2.75, 3.05) is 0 Å². The number of nitrogens with zero attached hydrogens (tertiary/aromatic N) is 1. The number of rotatable bonds is 3. The van der Waals surface area contributed by atoms with Crippen LogP contribution in [-0.2, 0) is 0 Å². The number of benzene rings is 2. The van der Waals surface area contributed by atoms with E-state index in [4.69, 9.17) is 4.74 Å². The predicted octanol–water partition coefficient (Wildman–Crippen LogP) is 2.23. The zero-order valence-electron chi connectivity index (χ0n) is 10.0. The van der Waals surface area contributed by atoms with Gasteiger partial charge in [-0.25, -0.2) is 4.79 Å². The van der Waals surface area contributed by atoms with E-state index in [2.05, 4.69) is 0 Å². The number of carbonyl (C=O) groups is 1. The van der Waals surface area contributed by atoms with E-state index in [0.717, 1.165) is 6.07 Å². The fourth-order valence-corrected chi connectivity index (χ4v) is 1.50. The maximum atomic E-state index is 11.8. The Labute approximate surface area is 112 Å². The quantitative estimate of drug-likeness (QED) is 0.292. The van der Waals surface area contributed by atoms with E-state index in [9.17, 15) is 25.1 Å². The lowest BCUT2D eigenvalue weighted by molar-refractivity contribution is -0.384. The minimum absolute atomic E-state index is 0.0399.